The van der Waals surface area contributed by atoms with Crippen molar-refractivity contribution >= 4 is 6.16 Å². The Morgan fingerprint density at radius 3 is 1.24 bits per heavy atom. The Balaban J connectivity index is 3.20. The summed E-state index contributed by atoms with van der Waals surface area (Å²) in [5.41, 5.74) is 0. The molecule has 3 heteroatoms. The summed E-state index contributed by atoms with van der Waals surface area (Å²) in [5, 5.41) is 0. The van der Waals surface area contributed by atoms with Crippen LogP contribution in [-0.4, -0.2) is 19.4 Å². The first-order chi connectivity index (χ1) is 18.7. The van der Waals surface area contributed by atoms with E-state index in [2.05, 4.69) is 32.9 Å². The van der Waals surface area contributed by atoms with E-state index in [1.807, 2.05) is 0 Å². The van der Waals surface area contributed by atoms with E-state index in [9.17, 15) is 4.79 Å². The van der Waals surface area contributed by atoms with Crippen molar-refractivity contribution in [2.75, 3.05) is 13.2 Å². The fourth-order valence-electron chi connectivity index (χ4n) is 4.95. The standard InChI is InChI=1S/C35H68O3/c1-4-5-6-7-8-9-10-11-12-13-14-15-16-17-20-23-26-29-32-37-35(36)38-33-30-27-24-21-18-19-22-25-28-31-34(2)3/h13-14,34H,4-12,15-33H2,1-3H3/b14-13-. The molecule has 0 unspecified atom stereocenters. The van der Waals surface area contributed by atoms with Crippen LogP contribution in [0.1, 0.15) is 188 Å². The molecule has 0 aliphatic heterocycles. The lowest BCUT2D eigenvalue weighted by molar-refractivity contribution is 0.0529. The maximum atomic E-state index is 11.7. The molecule has 0 atom stereocenters. The molecule has 0 aliphatic rings. The first-order valence-electron chi connectivity index (χ1n) is 17.1. The van der Waals surface area contributed by atoms with E-state index in [0.29, 0.717) is 13.2 Å². The Morgan fingerprint density at radius 2 is 0.842 bits per heavy atom. The van der Waals surface area contributed by atoms with Crippen LogP contribution in [0.2, 0.25) is 0 Å². The molecule has 3 nitrogen and oxygen atoms in total. The molecular weight excluding hydrogens is 468 g/mol. The highest BCUT2D eigenvalue weighted by molar-refractivity contribution is 5.59. The lowest BCUT2D eigenvalue weighted by Crippen LogP contribution is -2.09. The molecular formula is C35H68O3. The van der Waals surface area contributed by atoms with Crippen LogP contribution in [0.3, 0.4) is 0 Å². The Labute approximate surface area is 239 Å². The summed E-state index contributed by atoms with van der Waals surface area (Å²) >= 11 is 0. The van der Waals surface area contributed by atoms with E-state index >= 15 is 0 Å². The zero-order valence-corrected chi connectivity index (χ0v) is 26.3. The number of carbonyl (C=O) groups is 1. The minimum atomic E-state index is -0.481. The van der Waals surface area contributed by atoms with Crippen LogP contribution in [0.25, 0.3) is 0 Å². The van der Waals surface area contributed by atoms with Crippen LogP contribution in [-0.2, 0) is 9.47 Å². The number of ether oxygens (including phenoxy) is 2. The van der Waals surface area contributed by atoms with Crippen LogP contribution >= 0.6 is 0 Å². The Hall–Kier alpha value is -0.990. The molecule has 0 saturated carbocycles. The predicted molar refractivity (Wildman–Crippen MR) is 167 cm³/mol. The van der Waals surface area contributed by atoms with Crippen molar-refractivity contribution in [3.05, 3.63) is 12.2 Å². The summed E-state index contributed by atoms with van der Waals surface area (Å²) in [4.78, 5) is 11.7. The van der Waals surface area contributed by atoms with E-state index in [1.165, 1.54) is 141 Å². The van der Waals surface area contributed by atoms with Gasteiger partial charge in [0.15, 0.2) is 0 Å². The van der Waals surface area contributed by atoms with E-state index in [0.717, 1.165) is 31.6 Å². The Bertz CT molecular complexity index is 486. The van der Waals surface area contributed by atoms with Crippen molar-refractivity contribution < 1.29 is 14.3 Å². The summed E-state index contributed by atoms with van der Waals surface area (Å²) in [5.74, 6) is 0.848. The molecule has 0 N–H and O–H groups in total. The normalized spacial score (nSPS) is 11.6. The number of hydrogen-bond donors (Lipinski definition) is 0. The summed E-state index contributed by atoms with van der Waals surface area (Å²) in [6.45, 7) is 7.90. The van der Waals surface area contributed by atoms with Crippen LogP contribution in [0.15, 0.2) is 12.2 Å². The number of unbranched alkanes of at least 4 members (excludes halogenated alkanes) is 22. The van der Waals surface area contributed by atoms with Gasteiger partial charge in [0.2, 0.25) is 0 Å². The Kier molecular flexibility index (Phi) is 31.4. The summed E-state index contributed by atoms with van der Waals surface area (Å²) in [6.07, 6.45) is 38.2. The number of allylic oxidation sites excluding steroid dienone is 2. The van der Waals surface area contributed by atoms with Gasteiger partial charge in [0.1, 0.15) is 0 Å². The van der Waals surface area contributed by atoms with Gasteiger partial charge >= 0.3 is 6.16 Å². The summed E-state index contributed by atoms with van der Waals surface area (Å²) in [7, 11) is 0. The monoisotopic (exact) mass is 537 g/mol. The number of carbonyl (C=O) groups excluding carboxylic acids is 1. The molecule has 0 aliphatic carbocycles. The third-order valence-electron chi connectivity index (χ3n) is 7.52. The van der Waals surface area contributed by atoms with Gasteiger partial charge < -0.3 is 9.47 Å². The van der Waals surface area contributed by atoms with Gasteiger partial charge in [-0.2, -0.15) is 0 Å². The van der Waals surface area contributed by atoms with Gasteiger partial charge in [-0.1, -0.05) is 161 Å². The van der Waals surface area contributed by atoms with Crippen LogP contribution in [0.5, 0.6) is 0 Å². The molecule has 226 valence electrons. The van der Waals surface area contributed by atoms with Crippen molar-refractivity contribution in [2.24, 2.45) is 5.92 Å². The van der Waals surface area contributed by atoms with Crippen LogP contribution in [0, 0.1) is 5.92 Å². The molecule has 38 heavy (non-hydrogen) atoms. The second-order valence-electron chi connectivity index (χ2n) is 12.0. The van der Waals surface area contributed by atoms with E-state index in [1.54, 1.807) is 0 Å². The van der Waals surface area contributed by atoms with Crippen molar-refractivity contribution in [1.82, 2.24) is 0 Å². The molecule has 0 bridgehead atoms. The van der Waals surface area contributed by atoms with Gasteiger partial charge in [0.25, 0.3) is 0 Å². The molecule has 0 heterocycles. The number of hydrogen-bond acceptors (Lipinski definition) is 3. The first-order valence-corrected chi connectivity index (χ1v) is 17.1. The second-order valence-corrected chi connectivity index (χ2v) is 12.0. The largest absolute Gasteiger partial charge is 0.508 e. The lowest BCUT2D eigenvalue weighted by atomic mass is 10.0. The van der Waals surface area contributed by atoms with E-state index < -0.39 is 6.16 Å². The minimum Gasteiger partial charge on any atom is -0.434 e. The Morgan fingerprint density at radius 1 is 0.500 bits per heavy atom. The topological polar surface area (TPSA) is 35.5 Å². The highest BCUT2D eigenvalue weighted by Gasteiger charge is 2.03. The smallest absolute Gasteiger partial charge is 0.434 e. The predicted octanol–water partition coefficient (Wildman–Crippen LogP) is 12.5. The zero-order chi connectivity index (χ0) is 27.8. The summed E-state index contributed by atoms with van der Waals surface area (Å²) in [6, 6.07) is 0. The van der Waals surface area contributed by atoms with Crippen molar-refractivity contribution in [2.45, 2.75) is 188 Å². The van der Waals surface area contributed by atoms with Crippen LogP contribution < -0.4 is 0 Å². The minimum absolute atomic E-state index is 0.481. The van der Waals surface area contributed by atoms with E-state index in [-0.39, 0.29) is 0 Å². The van der Waals surface area contributed by atoms with Gasteiger partial charge in [-0.15, -0.1) is 0 Å². The van der Waals surface area contributed by atoms with Crippen molar-refractivity contribution in [1.29, 1.82) is 0 Å². The molecule has 0 aromatic carbocycles. The fraction of sp³-hybridized carbons (Fsp3) is 0.914. The molecule has 0 spiro atoms. The molecule has 0 aromatic rings. The maximum Gasteiger partial charge on any atom is 0.508 e. The molecule has 0 fully saturated rings. The third kappa shape index (κ3) is 33.0. The fourth-order valence-corrected chi connectivity index (χ4v) is 4.95. The highest BCUT2D eigenvalue weighted by Crippen LogP contribution is 2.14. The van der Waals surface area contributed by atoms with Gasteiger partial charge in [-0.3, -0.25) is 0 Å². The second kappa shape index (κ2) is 32.2. The third-order valence-corrected chi connectivity index (χ3v) is 7.52. The van der Waals surface area contributed by atoms with Gasteiger partial charge in [0.05, 0.1) is 13.2 Å². The number of rotatable bonds is 30. The lowest BCUT2D eigenvalue weighted by Gasteiger charge is -2.07. The average molecular weight is 537 g/mol. The molecule has 0 rings (SSSR count). The quantitative estimate of drug-likeness (QED) is 0.0520. The van der Waals surface area contributed by atoms with Gasteiger partial charge in [0, 0.05) is 0 Å². The molecule has 0 saturated heterocycles. The highest BCUT2D eigenvalue weighted by atomic mass is 16.7. The zero-order valence-electron chi connectivity index (χ0n) is 26.3. The average Bonchev–Trinajstić information content (AvgIpc) is 2.90. The van der Waals surface area contributed by atoms with Crippen LogP contribution in [0.4, 0.5) is 4.79 Å². The van der Waals surface area contributed by atoms with Crippen molar-refractivity contribution in [3.63, 3.8) is 0 Å². The SMILES string of the molecule is CCCCCCCCCC/C=C\CCCCCCCCOC(=O)OCCCCCCCCCCCC(C)C. The molecule has 0 aromatic heterocycles. The van der Waals surface area contributed by atoms with Crippen molar-refractivity contribution in [3.8, 4) is 0 Å². The maximum absolute atomic E-state index is 11.7. The first kappa shape index (κ1) is 37.0. The van der Waals surface area contributed by atoms with Gasteiger partial charge in [-0.25, -0.2) is 4.79 Å². The molecule has 0 amide bonds. The molecule has 0 radical (unpaired) electrons. The van der Waals surface area contributed by atoms with Gasteiger partial charge in [-0.05, 0) is 44.4 Å². The summed E-state index contributed by atoms with van der Waals surface area (Å²) < 4.78 is 10.4. The van der Waals surface area contributed by atoms with E-state index in [4.69, 9.17) is 9.47 Å².